The van der Waals surface area contributed by atoms with Crippen LogP contribution in [0.2, 0.25) is 0 Å². The van der Waals surface area contributed by atoms with E-state index in [1.165, 1.54) is 0 Å². The van der Waals surface area contributed by atoms with Gasteiger partial charge in [0.25, 0.3) is 0 Å². The average Bonchev–Trinajstić information content (AvgIpc) is 2.19. The molecule has 0 heterocycles. The Morgan fingerprint density at radius 2 is 2.29 bits per heavy atom. The summed E-state index contributed by atoms with van der Waals surface area (Å²) in [6.45, 7) is 4.54. The number of unbranched alkanes of at least 4 members (excludes halogenated alkanes) is 1. The molecule has 0 saturated carbocycles. The highest BCUT2D eigenvalue weighted by molar-refractivity contribution is 5.67. The first-order valence-electron chi connectivity index (χ1n) is 4.96. The van der Waals surface area contributed by atoms with Crippen LogP contribution in [-0.2, 0) is 4.74 Å². The van der Waals surface area contributed by atoms with Gasteiger partial charge in [0, 0.05) is 10.0 Å². The zero-order valence-electron chi connectivity index (χ0n) is 8.77. The van der Waals surface area contributed by atoms with E-state index in [4.69, 9.17) is 10.3 Å². The van der Waals surface area contributed by atoms with Crippen LogP contribution in [0.5, 0.6) is 0 Å². The fourth-order valence-electron chi connectivity index (χ4n) is 1.15. The van der Waals surface area contributed by atoms with E-state index in [9.17, 15) is 4.79 Å². The van der Waals surface area contributed by atoms with E-state index in [1.807, 2.05) is 0 Å². The van der Waals surface area contributed by atoms with Crippen LogP contribution in [0.3, 0.4) is 0 Å². The number of hydrogen-bond acceptors (Lipinski definition) is 2. The second-order valence-electron chi connectivity index (χ2n) is 3.18. The number of azide groups is 1. The van der Waals surface area contributed by atoms with Gasteiger partial charge in [-0.2, -0.15) is 0 Å². The molecule has 0 aromatic heterocycles. The van der Waals surface area contributed by atoms with Gasteiger partial charge in [-0.1, -0.05) is 33.1 Å². The Labute approximate surface area is 84.1 Å². The molecular formula is C9H17N3O2. The van der Waals surface area contributed by atoms with E-state index in [0.29, 0.717) is 12.5 Å². The maximum Gasteiger partial charge on any atom is 0.396 e. The van der Waals surface area contributed by atoms with Gasteiger partial charge in [-0.05, 0) is 17.9 Å². The monoisotopic (exact) mass is 199 g/mol. The summed E-state index contributed by atoms with van der Waals surface area (Å²) in [7, 11) is 0. The Kier molecular flexibility index (Phi) is 7.65. The maximum absolute atomic E-state index is 10.7. The van der Waals surface area contributed by atoms with E-state index in [2.05, 4.69) is 23.9 Å². The second kappa shape index (κ2) is 8.38. The highest BCUT2D eigenvalue weighted by Gasteiger charge is 2.08. The summed E-state index contributed by atoms with van der Waals surface area (Å²) in [5, 5.41) is 2.83. The van der Waals surface area contributed by atoms with Gasteiger partial charge in [0.1, 0.15) is 0 Å². The molecule has 5 heteroatoms. The molecule has 0 rings (SSSR count). The molecule has 1 atom stereocenters. The molecule has 0 aromatic rings. The lowest BCUT2D eigenvalue weighted by atomic mass is 10.0. The normalized spacial score (nSPS) is 11.6. The van der Waals surface area contributed by atoms with Crippen LogP contribution in [0, 0.1) is 5.92 Å². The summed E-state index contributed by atoms with van der Waals surface area (Å²) < 4.78 is 4.77. The van der Waals surface area contributed by atoms with Gasteiger partial charge in [0.05, 0.1) is 6.61 Å². The standard InChI is InChI=1S/C9H17N3O2/c1-3-5-6-8(4-2)7-14-9(13)11-12-10/h8H,3-7H2,1-2H3. The Morgan fingerprint density at radius 1 is 1.57 bits per heavy atom. The molecule has 0 aliphatic heterocycles. The van der Waals surface area contributed by atoms with Crippen LogP contribution in [0.15, 0.2) is 5.11 Å². The van der Waals surface area contributed by atoms with Crippen molar-refractivity contribution in [1.29, 1.82) is 0 Å². The largest absolute Gasteiger partial charge is 0.461 e. The summed E-state index contributed by atoms with van der Waals surface area (Å²) >= 11 is 0. The number of nitrogens with zero attached hydrogens (tertiary/aromatic N) is 3. The van der Waals surface area contributed by atoms with E-state index in [0.717, 1.165) is 25.7 Å². The van der Waals surface area contributed by atoms with Crippen molar-refractivity contribution >= 4 is 6.09 Å². The minimum Gasteiger partial charge on any atom is -0.461 e. The lowest BCUT2D eigenvalue weighted by Crippen LogP contribution is -2.11. The molecule has 14 heavy (non-hydrogen) atoms. The maximum atomic E-state index is 10.7. The fraction of sp³-hybridized carbons (Fsp3) is 0.889. The molecule has 0 fully saturated rings. The van der Waals surface area contributed by atoms with Crippen LogP contribution in [0.1, 0.15) is 39.5 Å². The van der Waals surface area contributed by atoms with Gasteiger partial charge in [-0.3, -0.25) is 0 Å². The highest BCUT2D eigenvalue weighted by atomic mass is 16.5. The molecule has 0 saturated heterocycles. The minimum atomic E-state index is -0.831. The summed E-state index contributed by atoms with van der Waals surface area (Å²) in [6, 6.07) is 0. The van der Waals surface area contributed by atoms with Crippen LogP contribution >= 0.6 is 0 Å². The number of carbonyl (C=O) groups is 1. The second-order valence-corrected chi connectivity index (χ2v) is 3.18. The first-order valence-corrected chi connectivity index (χ1v) is 4.96. The lowest BCUT2D eigenvalue weighted by Gasteiger charge is -2.13. The predicted molar refractivity (Wildman–Crippen MR) is 53.8 cm³/mol. The molecule has 0 aliphatic rings. The number of amides is 1. The van der Waals surface area contributed by atoms with Gasteiger partial charge in [0.2, 0.25) is 0 Å². The third-order valence-electron chi connectivity index (χ3n) is 2.11. The Morgan fingerprint density at radius 3 is 2.79 bits per heavy atom. The van der Waals surface area contributed by atoms with Crippen molar-refractivity contribution in [2.75, 3.05) is 6.61 Å². The lowest BCUT2D eigenvalue weighted by molar-refractivity contribution is 0.132. The van der Waals surface area contributed by atoms with Gasteiger partial charge >= 0.3 is 6.09 Å². The molecular weight excluding hydrogens is 182 g/mol. The smallest absolute Gasteiger partial charge is 0.396 e. The summed E-state index contributed by atoms with van der Waals surface area (Å²) in [5.41, 5.74) is 7.96. The molecule has 1 amide bonds. The summed E-state index contributed by atoms with van der Waals surface area (Å²) in [5.74, 6) is 0.382. The van der Waals surface area contributed by atoms with E-state index in [1.54, 1.807) is 0 Å². The van der Waals surface area contributed by atoms with Crippen molar-refractivity contribution in [2.45, 2.75) is 39.5 Å². The SMILES string of the molecule is CCCCC(CC)COC(=O)N=[N+]=[N-]. The molecule has 0 spiro atoms. The van der Waals surface area contributed by atoms with Crippen LogP contribution in [0.25, 0.3) is 10.4 Å². The molecule has 0 aromatic carbocycles. The Bertz CT molecular complexity index is 212. The fourth-order valence-corrected chi connectivity index (χ4v) is 1.15. The third kappa shape index (κ3) is 6.31. The molecule has 0 bridgehead atoms. The van der Waals surface area contributed by atoms with Crippen LogP contribution < -0.4 is 0 Å². The predicted octanol–water partition coefficient (Wildman–Crippen LogP) is 3.65. The zero-order valence-corrected chi connectivity index (χ0v) is 8.77. The van der Waals surface area contributed by atoms with Gasteiger partial charge in [-0.15, -0.1) is 0 Å². The topological polar surface area (TPSA) is 75.1 Å². The van der Waals surface area contributed by atoms with E-state index in [-0.39, 0.29) is 0 Å². The van der Waals surface area contributed by atoms with Crippen molar-refractivity contribution in [3.63, 3.8) is 0 Å². The number of ether oxygens (including phenoxy) is 1. The van der Waals surface area contributed by atoms with Crippen molar-refractivity contribution in [3.05, 3.63) is 10.4 Å². The highest BCUT2D eigenvalue weighted by Crippen LogP contribution is 2.12. The first-order chi connectivity index (χ1) is 6.74. The molecule has 5 nitrogen and oxygen atoms in total. The van der Waals surface area contributed by atoms with E-state index < -0.39 is 6.09 Å². The van der Waals surface area contributed by atoms with Gasteiger partial charge in [-0.25, -0.2) is 4.79 Å². The van der Waals surface area contributed by atoms with Crippen LogP contribution in [-0.4, -0.2) is 12.7 Å². The average molecular weight is 199 g/mol. The molecule has 0 aliphatic carbocycles. The van der Waals surface area contributed by atoms with Crippen molar-refractivity contribution in [3.8, 4) is 0 Å². The summed E-state index contributed by atoms with van der Waals surface area (Å²) in [4.78, 5) is 13.0. The minimum absolute atomic E-state index is 0.356. The van der Waals surface area contributed by atoms with Gasteiger partial charge < -0.3 is 4.74 Å². The summed E-state index contributed by atoms with van der Waals surface area (Å²) in [6.07, 6.45) is 3.47. The molecule has 80 valence electrons. The van der Waals surface area contributed by atoms with Crippen LogP contribution in [0.4, 0.5) is 4.79 Å². The molecule has 0 radical (unpaired) electrons. The molecule has 0 N–H and O–H groups in total. The first kappa shape index (κ1) is 12.8. The number of carbonyl (C=O) groups excluding carboxylic acids is 1. The number of hydrogen-bond donors (Lipinski definition) is 0. The Hall–Kier alpha value is -1.22. The quantitative estimate of drug-likeness (QED) is 0.372. The third-order valence-corrected chi connectivity index (χ3v) is 2.11. The van der Waals surface area contributed by atoms with Crippen molar-refractivity contribution in [1.82, 2.24) is 0 Å². The molecule has 1 unspecified atom stereocenters. The van der Waals surface area contributed by atoms with Crippen molar-refractivity contribution < 1.29 is 9.53 Å². The Balaban J connectivity index is 3.71. The number of rotatable bonds is 6. The zero-order chi connectivity index (χ0) is 10.8. The van der Waals surface area contributed by atoms with Crippen molar-refractivity contribution in [2.24, 2.45) is 11.0 Å². The van der Waals surface area contributed by atoms with E-state index >= 15 is 0 Å². The van der Waals surface area contributed by atoms with Gasteiger partial charge in [0.15, 0.2) is 0 Å².